The Bertz CT molecular complexity index is 1060. The Hall–Kier alpha value is -3.52. The summed E-state index contributed by atoms with van der Waals surface area (Å²) < 4.78 is 22.0. The zero-order valence-electron chi connectivity index (χ0n) is 18.0. The number of hydrogen-bond acceptors (Lipinski definition) is 7. The van der Waals surface area contributed by atoms with E-state index in [1.807, 2.05) is 13.0 Å². The van der Waals surface area contributed by atoms with Crippen molar-refractivity contribution in [1.82, 2.24) is 4.90 Å². The van der Waals surface area contributed by atoms with Crippen molar-refractivity contribution in [3.8, 4) is 17.2 Å². The number of para-hydroxylation sites is 1. The Morgan fingerprint density at radius 2 is 1.88 bits per heavy atom. The van der Waals surface area contributed by atoms with Crippen LogP contribution in [0.3, 0.4) is 0 Å². The number of aliphatic hydroxyl groups is 1. The molecule has 2 aliphatic rings. The number of aliphatic hydroxyl groups excluding tert-OH is 1. The van der Waals surface area contributed by atoms with Gasteiger partial charge in [0.2, 0.25) is 0 Å². The Labute approximate surface area is 185 Å². The molecule has 8 heteroatoms. The van der Waals surface area contributed by atoms with E-state index >= 15 is 0 Å². The van der Waals surface area contributed by atoms with E-state index in [4.69, 9.17) is 18.9 Å². The monoisotopic (exact) mass is 439 g/mol. The fraction of sp³-hybridized carbons (Fsp3) is 0.333. The average Bonchev–Trinajstić information content (AvgIpc) is 3.07. The molecule has 1 atom stereocenters. The molecule has 2 aromatic rings. The summed E-state index contributed by atoms with van der Waals surface area (Å²) in [6.07, 6.45) is 0. The van der Waals surface area contributed by atoms with Gasteiger partial charge in [-0.15, -0.1) is 0 Å². The van der Waals surface area contributed by atoms with Crippen LogP contribution in [0.4, 0.5) is 0 Å². The van der Waals surface area contributed by atoms with E-state index in [1.165, 1.54) is 12.0 Å². The summed E-state index contributed by atoms with van der Waals surface area (Å²) in [5.74, 6) is -0.164. The second kappa shape index (κ2) is 9.32. The van der Waals surface area contributed by atoms with Gasteiger partial charge in [0.25, 0.3) is 11.7 Å². The van der Waals surface area contributed by atoms with Crippen LogP contribution in [0.5, 0.6) is 17.2 Å². The zero-order valence-corrected chi connectivity index (χ0v) is 18.0. The number of ketones is 1. The summed E-state index contributed by atoms with van der Waals surface area (Å²) in [6.45, 7) is 3.52. The van der Waals surface area contributed by atoms with Crippen molar-refractivity contribution in [1.29, 1.82) is 0 Å². The van der Waals surface area contributed by atoms with Crippen molar-refractivity contribution in [3.05, 3.63) is 59.2 Å². The predicted molar refractivity (Wildman–Crippen MR) is 116 cm³/mol. The van der Waals surface area contributed by atoms with Gasteiger partial charge in [-0.3, -0.25) is 9.59 Å². The van der Waals surface area contributed by atoms with E-state index in [-0.39, 0.29) is 24.5 Å². The molecule has 0 bridgehead atoms. The van der Waals surface area contributed by atoms with Crippen molar-refractivity contribution in [2.24, 2.45) is 0 Å². The first kappa shape index (κ1) is 21.7. The Balaban J connectivity index is 1.86. The van der Waals surface area contributed by atoms with E-state index in [0.717, 1.165) is 0 Å². The second-order valence-corrected chi connectivity index (χ2v) is 7.31. The van der Waals surface area contributed by atoms with Crippen LogP contribution in [0.1, 0.15) is 24.1 Å². The highest BCUT2D eigenvalue weighted by Crippen LogP contribution is 2.43. The lowest BCUT2D eigenvalue weighted by Crippen LogP contribution is -2.32. The standard InChI is InChI=1S/C24H25NO7/c1-3-30-17-7-5-4-6-16(17)21-20(23(27)24(28)25(21)10-11-29-2)22(26)15-8-9-18-19(14-15)32-13-12-31-18/h4-9,14,21,26H,3,10-13H2,1-2H3/b22-20+. The quantitative estimate of drug-likeness (QED) is 0.403. The molecule has 8 nitrogen and oxygen atoms in total. The number of fused-ring (bicyclic) bond motifs is 1. The Morgan fingerprint density at radius 3 is 2.62 bits per heavy atom. The summed E-state index contributed by atoms with van der Waals surface area (Å²) >= 11 is 0. The number of benzene rings is 2. The molecule has 1 amide bonds. The number of methoxy groups -OCH3 is 1. The number of nitrogens with zero attached hydrogens (tertiary/aromatic N) is 1. The number of ether oxygens (including phenoxy) is 4. The molecule has 4 rings (SSSR count). The molecule has 2 aromatic carbocycles. The van der Waals surface area contributed by atoms with Gasteiger partial charge >= 0.3 is 0 Å². The van der Waals surface area contributed by atoms with Crippen LogP contribution in [0.15, 0.2) is 48.0 Å². The van der Waals surface area contributed by atoms with Gasteiger partial charge < -0.3 is 29.0 Å². The highest BCUT2D eigenvalue weighted by atomic mass is 16.6. The van der Waals surface area contributed by atoms with Gasteiger partial charge in [0.15, 0.2) is 11.5 Å². The number of Topliss-reactive ketones (excluding diaryl/α,β-unsaturated/α-hetero) is 1. The molecule has 1 saturated heterocycles. The highest BCUT2D eigenvalue weighted by Gasteiger charge is 2.47. The van der Waals surface area contributed by atoms with Crippen LogP contribution < -0.4 is 14.2 Å². The fourth-order valence-electron chi connectivity index (χ4n) is 3.96. The van der Waals surface area contributed by atoms with E-state index in [0.29, 0.717) is 48.2 Å². The maximum absolute atomic E-state index is 13.1. The predicted octanol–water partition coefficient (Wildman–Crippen LogP) is 2.92. The first-order chi connectivity index (χ1) is 15.6. The molecule has 168 valence electrons. The largest absolute Gasteiger partial charge is 0.507 e. The van der Waals surface area contributed by atoms with E-state index < -0.39 is 17.7 Å². The zero-order chi connectivity index (χ0) is 22.7. The van der Waals surface area contributed by atoms with Gasteiger partial charge in [-0.1, -0.05) is 18.2 Å². The molecular formula is C24H25NO7. The molecule has 0 spiro atoms. The minimum Gasteiger partial charge on any atom is -0.507 e. The third-order valence-electron chi connectivity index (χ3n) is 5.41. The average molecular weight is 439 g/mol. The second-order valence-electron chi connectivity index (χ2n) is 7.31. The van der Waals surface area contributed by atoms with Gasteiger partial charge in [-0.05, 0) is 31.2 Å². The van der Waals surface area contributed by atoms with Gasteiger partial charge in [0.05, 0.1) is 24.8 Å². The van der Waals surface area contributed by atoms with E-state index in [1.54, 1.807) is 36.4 Å². The number of amides is 1. The molecule has 0 aromatic heterocycles. The first-order valence-electron chi connectivity index (χ1n) is 10.5. The maximum Gasteiger partial charge on any atom is 0.295 e. The normalized spacial score (nSPS) is 19.3. The minimum absolute atomic E-state index is 0.00469. The molecule has 1 fully saturated rings. The molecule has 0 saturated carbocycles. The van der Waals surface area contributed by atoms with Crippen LogP contribution in [-0.4, -0.2) is 61.8 Å². The number of rotatable bonds is 7. The van der Waals surface area contributed by atoms with Gasteiger partial charge in [0, 0.05) is 24.8 Å². The smallest absolute Gasteiger partial charge is 0.295 e. The third-order valence-corrected chi connectivity index (χ3v) is 5.41. The van der Waals surface area contributed by atoms with Crippen LogP contribution in [0.25, 0.3) is 5.76 Å². The van der Waals surface area contributed by atoms with Crippen LogP contribution in [-0.2, 0) is 14.3 Å². The SMILES string of the molecule is CCOc1ccccc1C1/C(=C(\O)c2ccc3c(c2)OCCO3)C(=O)C(=O)N1CCOC. The Morgan fingerprint density at radius 1 is 1.12 bits per heavy atom. The lowest BCUT2D eigenvalue weighted by atomic mass is 9.94. The number of hydrogen-bond donors (Lipinski definition) is 1. The molecule has 2 heterocycles. The van der Waals surface area contributed by atoms with Crippen LogP contribution in [0.2, 0.25) is 0 Å². The number of carbonyl (C=O) groups excluding carboxylic acids is 2. The van der Waals surface area contributed by atoms with E-state index in [9.17, 15) is 14.7 Å². The van der Waals surface area contributed by atoms with Gasteiger partial charge in [0.1, 0.15) is 24.7 Å². The third kappa shape index (κ3) is 3.89. The van der Waals surface area contributed by atoms with Crippen molar-refractivity contribution in [2.75, 3.05) is 40.1 Å². The molecule has 32 heavy (non-hydrogen) atoms. The molecule has 2 aliphatic heterocycles. The molecule has 0 aliphatic carbocycles. The Kier molecular flexibility index (Phi) is 6.32. The minimum atomic E-state index is -0.818. The topological polar surface area (TPSA) is 94.5 Å². The maximum atomic E-state index is 13.1. The summed E-state index contributed by atoms with van der Waals surface area (Å²) in [5.41, 5.74) is 0.969. The fourth-order valence-corrected chi connectivity index (χ4v) is 3.96. The summed E-state index contributed by atoms with van der Waals surface area (Å²) in [7, 11) is 1.52. The van der Waals surface area contributed by atoms with Gasteiger partial charge in [-0.25, -0.2) is 0 Å². The van der Waals surface area contributed by atoms with Gasteiger partial charge in [-0.2, -0.15) is 0 Å². The summed E-state index contributed by atoms with van der Waals surface area (Å²) in [6, 6.07) is 11.3. The molecule has 0 radical (unpaired) electrons. The van der Waals surface area contributed by atoms with Crippen LogP contribution >= 0.6 is 0 Å². The van der Waals surface area contributed by atoms with Crippen molar-refractivity contribution < 1.29 is 33.6 Å². The lowest BCUT2D eigenvalue weighted by Gasteiger charge is -2.26. The lowest BCUT2D eigenvalue weighted by molar-refractivity contribution is -0.140. The number of carbonyl (C=O) groups is 2. The van der Waals surface area contributed by atoms with Crippen molar-refractivity contribution >= 4 is 17.4 Å². The first-order valence-corrected chi connectivity index (χ1v) is 10.5. The summed E-state index contributed by atoms with van der Waals surface area (Å²) in [5, 5.41) is 11.2. The summed E-state index contributed by atoms with van der Waals surface area (Å²) in [4.78, 5) is 27.4. The number of likely N-dealkylation sites (tertiary alicyclic amines) is 1. The molecular weight excluding hydrogens is 414 g/mol. The van der Waals surface area contributed by atoms with Crippen molar-refractivity contribution in [3.63, 3.8) is 0 Å². The van der Waals surface area contributed by atoms with Crippen LogP contribution in [0, 0.1) is 0 Å². The highest BCUT2D eigenvalue weighted by molar-refractivity contribution is 6.46. The van der Waals surface area contributed by atoms with E-state index in [2.05, 4.69) is 0 Å². The molecule has 1 unspecified atom stereocenters. The van der Waals surface area contributed by atoms with Crippen molar-refractivity contribution in [2.45, 2.75) is 13.0 Å². The molecule has 1 N–H and O–H groups in total.